The molecule has 1 aromatic heterocycles. The van der Waals surface area contributed by atoms with Gasteiger partial charge in [0.2, 0.25) is 11.8 Å². The highest BCUT2D eigenvalue weighted by Crippen LogP contribution is 2.22. The maximum absolute atomic E-state index is 12.2. The van der Waals surface area contributed by atoms with E-state index in [0.717, 1.165) is 35.4 Å². The first kappa shape index (κ1) is 18.2. The van der Waals surface area contributed by atoms with Crippen LogP contribution in [0.2, 0.25) is 0 Å². The third kappa shape index (κ3) is 4.12. The van der Waals surface area contributed by atoms with Gasteiger partial charge in [0.05, 0.1) is 18.3 Å². The highest BCUT2D eigenvalue weighted by Gasteiger charge is 2.27. The van der Waals surface area contributed by atoms with Crippen molar-refractivity contribution >= 4 is 5.91 Å². The summed E-state index contributed by atoms with van der Waals surface area (Å²) in [7, 11) is 0. The second-order valence-electron chi connectivity index (χ2n) is 6.69. The Balaban J connectivity index is 1.51. The Morgan fingerprint density at radius 3 is 3.08 bits per heavy atom. The zero-order valence-corrected chi connectivity index (χ0v) is 15.3. The van der Waals surface area contributed by atoms with Crippen LogP contribution in [0.1, 0.15) is 29.9 Å². The molecule has 6 nitrogen and oxygen atoms in total. The van der Waals surface area contributed by atoms with Gasteiger partial charge in [-0.15, -0.1) is 0 Å². The summed E-state index contributed by atoms with van der Waals surface area (Å²) < 4.78 is 5.79. The lowest BCUT2D eigenvalue weighted by Crippen LogP contribution is -2.41. The van der Waals surface area contributed by atoms with Gasteiger partial charge in [0.25, 0.3) is 0 Å². The molecule has 1 aliphatic rings. The number of hydrogen-bond donors (Lipinski definition) is 1. The van der Waals surface area contributed by atoms with E-state index < -0.39 is 0 Å². The number of rotatable bonds is 6. The van der Waals surface area contributed by atoms with Crippen LogP contribution in [0.15, 0.2) is 28.7 Å². The van der Waals surface area contributed by atoms with Gasteiger partial charge in [-0.1, -0.05) is 17.7 Å². The predicted molar refractivity (Wildman–Crippen MR) is 98.3 cm³/mol. The molecule has 2 heterocycles. The first-order valence-electron chi connectivity index (χ1n) is 9.01. The summed E-state index contributed by atoms with van der Waals surface area (Å²) >= 11 is 0. The number of carbonyl (C=O) groups is 1. The lowest BCUT2D eigenvalue weighted by Gasteiger charge is -2.19. The molecule has 2 aromatic rings. The van der Waals surface area contributed by atoms with Crippen LogP contribution in [-0.2, 0) is 11.2 Å². The lowest BCUT2D eigenvalue weighted by molar-refractivity contribution is -0.130. The smallest absolute Gasteiger partial charge is 0.237 e. The maximum Gasteiger partial charge on any atom is 0.237 e. The van der Waals surface area contributed by atoms with Crippen LogP contribution < -0.4 is 5.32 Å². The molecule has 1 atom stereocenters. The summed E-state index contributed by atoms with van der Waals surface area (Å²) in [6, 6.07) is 10.00. The fourth-order valence-corrected chi connectivity index (χ4v) is 3.26. The fourth-order valence-electron chi connectivity index (χ4n) is 3.26. The fraction of sp³-hybridized carbons (Fsp3) is 0.450. The Labute approximate surface area is 153 Å². The maximum atomic E-state index is 12.2. The first-order chi connectivity index (χ1) is 12.6. The van der Waals surface area contributed by atoms with E-state index in [4.69, 9.17) is 9.68 Å². The Bertz CT molecular complexity index is 821. The van der Waals surface area contributed by atoms with E-state index >= 15 is 0 Å². The summed E-state index contributed by atoms with van der Waals surface area (Å²) in [6.07, 6.45) is 2.38. The van der Waals surface area contributed by atoms with Crippen LogP contribution in [0, 0.1) is 25.2 Å². The van der Waals surface area contributed by atoms with Crippen LogP contribution in [0.25, 0.3) is 11.5 Å². The molecule has 1 aliphatic heterocycles. The molecule has 1 saturated heterocycles. The van der Waals surface area contributed by atoms with Crippen molar-refractivity contribution in [3.63, 3.8) is 0 Å². The number of hydrogen-bond acceptors (Lipinski definition) is 5. The molecular weight excluding hydrogens is 328 g/mol. The predicted octanol–water partition coefficient (Wildman–Crippen LogP) is 2.61. The Morgan fingerprint density at radius 1 is 1.46 bits per heavy atom. The number of amides is 1. The molecule has 0 aliphatic carbocycles. The zero-order valence-electron chi connectivity index (χ0n) is 15.3. The molecule has 0 spiro atoms. The average Bonchev–Trinajstić information content (AvgIpc) is 3.25. The Morgan fingerprint density at radius 2 is 2.31 bits per heavy atom. The molecule has 3 rings (SSSR count). The average molecular weight is 352 g/mol. The van der Waals surface area contributed by atoms with E-state index in [1.54, 1.807) is 4.90 Å². The standard InChI is InChI=1S/C20H24N4O2/c1-14-5-3-6-16(11-14)20-23-18(15(2)26-20)8-9-22-13-19(25)24-10-4-7-17(24)12-21/h3,5-6,11,17,22H,4,7-10,13H2,1-2H3/t17-/m0/s1. The van der Waals surface area contributed by atoms with Crippen LogP contribution in [-0.4, -0.2) is 41.5 Å². The van der Waals surface area contributed by atoms with Crippen molar-refractivity contribution < 1.29 is 9.21 Å². The largest absolute Gasteiger partial charge is 0.441 e. The molecule has 6 heteroatoms. The number of nitriles is 1. The van der Waals surface area contributed by atoms with E-state index in [9.17, 15) is 4.79 Å². The summed E-state index contributed by atoms with van der Waals surface area (Å²) in [6.45, 7) is 5.52. The molecule has 0 radical (unpaired) electrons. The van der Waals surface area contributed by atoms with Crippen LogP contribution in [0.4, 0.5) is 0 Å². The van der Waals surface area contributed by atoms with Crippen molar-refractivity contribution in [3.05, 3.63) is 41.3 Å². The lowest BCUT2D eigenvalue weighted by atomic mass is 10.1. The molecule has 1 N–H and O–H groups in total. The van der Waals surface area contributed by atoms with Gasteiger partial charge in [0, 0.05) is 25.1 Å². The van der Waals surface area contributed by atoms with E-state index in [1.807, 2.05) is 38.1 Å². The van der Waals surface area contributed by atoms with Crippen LogP contribution in [0.5, 0.6) is 0 Å². The summed E-state index contributed by atoms with van der Waals surface area (Å²) in [5.41, 5.74) is 3.04. The van der Waals surface area contributed by atoms with E-state index in [-0.39, 0.29) is 18.5 Å². The van der Waals surface area contributed by atoms with Gasteiger partial charge >= 0.3 is 0 Å². The first-order valence-corrected chi connectivity index (χ1v) is 9.01. The molecule has 1 amide bonds. The summed E-state index contributed by atoms with van der Waals surface area (Å²) in [4.78, 5) is 18.5. The molecule has 0 saturated carbocycles. The summed E-state index contributed by atoms with van der Waals surface area (Å²) in [5.74, 6) is 1.43. The highest BCUT2D eigenvalue weighted by molar-refractivity contribution is 5.79. The number of carbonyl (C=O) groups excluding carboxylic acids is 1. The number of nitrogens with zero attached hydrogens (tertiary/aromatic N) is 3. The quantitative estimate of drug-likeness (QED) is 0.808. The van der Waals surface area contributed by atoms with Crippen molar-refractivity contribution in [2.24, 2.45) is 0 Å². The van der Waals surface area contributed by atoms with Gasteiger partial charge in [-0.2, -0.15) is 5.26 Å². The van der Waals surface area contributed by atoms with Crippen molar-refractivity contribution in [2.45, 2.75) is 39.2 Å². The van der Waals surface area contributed by atoms with Gasteiger partial charge < -0.3 is 14.6 Å². The molecule has 136 valence electrons. The van der Waals surface area contributed by atoms with Gasteiger partial charge in [0.15, 0.2) is 0 Å². The SMILES string of the molecule is Cc1cccc(-c2nc(CCNCC(=O)N3CCC[C@H]3C#N)c(C)o2)c1. The second kappa shape index (κ2) is 8.15. The van der Waals surface area contributed by atoms with E-state index in [0.29, 0.717) is 25.4 Å². The van der Waals surface area contributed by atoms with Gasteiger partial charge in [-0.05, 0) is 38.8 Å². The van der Waals surface area contributed by atoms with Gasteiger partial charge in [0.1, 0.15) is 11.8 Å². The van der Waals surface area contributed by atoms with Crippen molar-refractivity contribution in [1.29, 1.82) is 5.26 Å². The van der Waals surface area contributed by atoms with E-state index in [1.165, 1.54) is 0 Å². The highest BCUT2D eigenvalue weighted by atomic mass is 16.4. The van der Waals surface area contributed by atoms with Crippen molar-refractivity contribution in [3.8, 4) is 17.5 Å². The molecule has 26 heavy (non-hydrogen) atoms. The van der Waals surface area contributed by atoms with Crippen molar-refractivity contribution in [2.75, 3.05) is 19.6 Å². The minimum absolute atomic E-state index is 0.00799. The Hall–Kier alpha value is -2.65. The second-order valence-corrected chi connectivity index (χ2v) is 6.69. The van der Waals surface area contributed by atoms with Crippen LogP contribution in [0.3, 0.4) is 0 Å². The molecular formula is C20H24N4O2. The van der Waals surface area contributed by atoms with Gasteiger partial charge in [-0.3, -0.25) is 4.79 Å². The zero-order chi connectivity index (χ0) is 18.5. The minimum Gasteiger partial charge on any atom is -0.441 e. The number of aryl methyl sites for hydroxylation is 2. The number of likely N-dealkylation sites (tertiary alicyclic amines) is 1. The number of benzene rings is 1. The molecule has 0 unspecified atom stereocenters. The van der Waals surface area contributed by atoms with Crippen molar-refractivity contribution in [1.82, 2.24) is 15.2 Å². The minimum atomic E-state index is -0.265. The number of nitrogens with one attached hydrogen (secondary N) is 1. The normalized spacial score (nSPS) is 16.7. The molecule has 1 fully saturated rings. The van der Waals surface area contributed by atoms with Gasteiger partial charge in [-0.25, -0.2) is 4.98 Å². The summed E-state index contributed by atoms with van der Waals surface area (Å²) in [5, 5.41) is 12.2. The number of aromatic nitrogens is 1. The number of oxazole rings is 1. The molecule has 1 aromatic carbocycles. The molecule has 0 bridgehead atoms. The van der Waals surface area contributed by atoms with Crippen LogP contribution >= 0.6 is 0 Å². The Kier molecular flexibility index (Phi) is 5.69. The topological polar surface area (TPSA) is 82.2 Å². The third-order valence-corrected chi connectivity index (χ3v) is 4.69. The van der Waals surface area contributed by atoms with E-state index in [2.05, 4.69) is 16.4 Å². The monoisotopic (exact) mass is 352 g/mol. The third-order valence-electron chi connectivity index (χ3n) is 4.69.